The average molecular weight is 343 g/mol. The van der Waals surface area contributed by atoms with E-state index in [4.69, 9.17) is 21.1 Å². The van der Waals surface area contributed by atoms with Crippen molar-refractivity contribution in [3.63, 3.8) is 0 Å². The van der Waals surface area contributed by atoms with Crippen molar-refractivity contribution in [1.29, 1.82) is 5.26 Å². The number of hydrogen-bond donors (Lipinski definition) is 1. The van der Waals surface area contributed by atoms with Gasteiger partial charge in [-0.2, -0.15) is 5.26 Å². The van der Waals surface area contributed by atoms with Crippen molar-refractivity contribution in [3.05, 3.63) is 58.6 Å². The first kappa shape index (κ1) is 17.4. The third-order valence-corrected chi connectivity index (χ3v) is 3.44. The minimum absolute atomic E-state index is 0.0304. The van der Waals surface area contributed by atoms with E-state index in [2.05, 4.69) is 5.32 Å². The predicted molar refractivity (Wildman–Crippen MR) is 93.2 cm³/mol. The molecule has 0 radical (unpaired) electrons. The van der Waals surface area contributed by atoms with Crippen LogP contribution in [0, 0.1) is 11.3 Å². The molecule has 5 nitrogen and oxygen atoms in total. The van der Waals surface area contributed by atoms with E-state index in [1.54, 1.807) is 42.5 Å². The molecule has 0 bridgehead atoms. The van der Waals surface area contributed by atoms with Crippen molar-refractivity contribution in [3.8, 4) is 17.6 Å². The zero-order valence-corrected chi connectivity index (χ0v) is 13.9. The molecule has 0 atom stereocenters. The Morgan fingerprint density at radius 3 is 2.38 bits per heavy atom. The molecule has 0 aliphatic heterocycles. The molecule has 122 valence electrons. The fraction of sp³-hybridized carbons (Fsp3) is 0.111. The number of benzene rings is 2. The van der Waals surface area contributed by atoms with E-state index < -0.39 is 5.91 Å². The first-order valence-electron chi connectivity index (χ1n) is 6.98. The van der Waals surface area contributed by atoms with Crippen molar-refractivity contribution in [2.75, 3.05) is 19.5 Å². The lowest BCUT2D eigenvalue weighted by Crippen LogP contribution is -2.13. The molecule has 0 aliphatic rings. The van der Waals surface area contributed by atoms with Gasteiger partial charge in [0.2, 0.25) is 0 Å². The van der Waals surface area contributed by atoms with E-state index in [0.29, 0.717) is 27.8 Å². The molecule has 0 heterocycles. The van der Waals surface area contributed by atoms with Crippen LogP contribution in [0.3, 0.4) is 0 Å². The Bertz CT molecular complexity index is 808. The molecular weight excluding hydrogens is 328 g/mol. The Kier molecular flexibility index (Phi) is 5.83. The number of methoxy groups -OCH3 is 2. The molecule has 0 saturated carbocycles. The lowest BCUT2D eigenvalue weighted by Gasteiger charge is -2.08. The molecular formula is C18H15ClN2O3. The second-order valence-electron chi connectivity index (χ2n) is 4.75. The highest BCUT2D eigenvalue weighted by molar-refractivity contribution is 6.30. The normalized spacial score (nSPS) is 10.7. The summed E-state index contributed by atoms with van der Waals surface area (Å²) in [5, 5.41) is 12.5. The summed E-state index contributed by atoms with van der Waals surface area (Å²) in [6.07, 6.45) is 1.48. The highest BCUT2D eigenvalue weighted by Crippen LogP contribution is 2.28. The number of nitriles is 1. The van der Waals surface area contributed by atoms with Crippen LogP contribution >= 0.6 is 11.6 Å². The molecule has 0 unspecified atom stereocenters. The molecule has 1 amide bonds. The van der Waals surface area contributed by atoms with Crippen LogP contribution in [0.15, 0.2) is 48.0 Å². The lowest BCUT2D eigenvalue weighted by atomic mass is 10.1. The monoisotopic (exact) mass is 342 g/mol. The zero-order valence-electron chi connectivity index (χ0n) is 13.2. The Morgan fingerprint density at radius 1 is 1.12 bits per heavy atom. The topological polar surface area (TPSA) is 71.3 Å². The molecule has 2 aromatic carbocycles. The third-order valence-electron chi connectivity index (χ3n) is 3.19. The van der Waals surface area contributed by atoms with Gasteiger partial charge >= 0.3 is 0 Å². The van der Waals surface area contributed by atoms with Gasteiger partial charge in [0.25, 0.3) is 5.91 Å². The van der Waals surface area contributed by atoms with Gasteiger partial charge < -0.3 is 14.8 Å². The first-order chi connectivity index (χ1) is 11.6. The van der Waals surface area contributed by atoms with E-state index in [9.17, 15) is 10.1 Å². The van der Waals surface area contributed by atoms with Crippen LogP contribution in [0.2, 0.25) is 5.02 Å². The van der Waals surface area contributed by atoms with Gasteiger partial charge in [0.15, 0.2) is 11.5 Å². The summed E-state index contributed by atoms with van der Waals surface area (Å²) in [6, 6.07) is 13.6. The van der Waals surface area contributed by atoms with Crippen molar-refractivity contribution in [1.82, 2.24) is 0 Å². The first-order valence-corrected chi connectivity index (χ1v) is 7.36. The predicted octanol–water partition coefficient (Wildman–Crippen LogP) is 3.90. The van der Waals surface area contributed by atoms with E-state index in [0.717, 1.165) is 0 Å². The summed E-state index contributed by atoms with van der Waals surface area (Å²) in [7, 11) is 3.05. The molecule has 24 heavy (non-hydrogen) atoms. The summed E-state index contributed by atoms with van der Waals surface area (Å²) >= 11 is 5.80. The Hall–Kier alpha value is -2.97. The molecule has 0 fully saturated rings. The second kappa shape index (κ2) is 8.04. The number of halogens is 1. The Balaban J connectivity index is 2.23. The number of amides is 1. The Labute approximate surface area is 145 Å². The van der Waals surface area contributed by atoms with Crippen molar-refractivity contribution in [2.45, 2.75) is 0 Å². The lowest BCUT2D eigenvalue weighted by molar-refractivity contribution is -0.112. The van der Waals surface area contributed by atoms with Crippen LogP contribution in [0.5, 0.6) is 11.5 Å². The maximum absolute atomic E-state index is 12.2. The van der Waals surface area contributed by atoms with Gasteiger partial charge in [0, 0.05) is 10.7 Å². The molecule has 6 heteroatoms. The van der Waals surface area contributed by atoms with Gasteiger partial charge in [-0.15, -0.1) is 0 Å². The number of ether oxygens (including phenoxy) is 2. The van der Waals surface area contributed by atoms with Crippen LogP contribution in [-0.4, -0.2) is 20.1 Å². The summed E-state index contributed by atoms with van der Waals surface area (Å²) in [4.78, 5) is 12.2. The van der Waals surface area contributed by atoms with Crippen LogP contribution < -0.4 is 14.8 Å². The number of nitrogens with one attached hydrogen (secondary N) is 1. The van der Waals surface area contributed by atoms with Crippen LogP contribution in [-0.2, 0) is 4.79 Å². The van der Waals surface area contributed by atoms with E-state index in [1.165, 1.54) is 20.3 Å². The van der Waals surface area contributed by atoms with E-state index in [-0.39, 0.29) is 5.57 Å². The minimum atomic E-state index is -0.505. The maximum atomic E-state index is 12.2. The number of rotatable bonds is 5. The molecule has 2 rings (SSSR count). The quantitative estimate of drug-likeness (QED) is 0.660. The van der Waals surface area contributed by atoms with Crippen molar-refractivity contribution < 1.29 is 14.3 Å². The largest absolute Gasteiger partial charge is 0.493 e. The summed E-state index contributed by atoms with van der Waals surface area (Å²) in [6.45, 7) is 0. The van der Waals surface area contributed by atoms with Gasteiger partial charge in [-0.25, -0.2) is 0 Å². The number of carbonyl (C=O) groups is 1. The fourth-order valence-electron chi connectivity index (χ4n) is 1.99. The molecule has 1 N–H and O–H groups in total. The van der Waals surface area contributed by atoms with Crippen LogP contribution in [0.25, 0.3) is 6.08 Å². The smallest absolute Gasteiger partial charge is 0.266 e. The number of hydrogen-bond acceptors (Lipinski definition) is 4. The molecule has 0 aromatic heterocycles. The maximum Gasteiger partial charge on any atom is 0.266 e. The van der Waals surface area contributed by atoms with Gasteiger partial charge in [0.1, 0.15) is 11.6 Å². The number of carbonyl (C=O) groups excluding carboxylic acids is 1. The van der Waals surface area contributed by atoms with Gasteiger partial charge in [-0.3, -0.25) is 4.79 Å². The van der Waals surface area contributed by atoms with Crippen LogP contribution in [0.1, 0.15) is 5.56 Å². The van der Waals surface area contributed by atoms with Gasteiger partial charge in [-0.05, 0) is 48.0 Å². The fourth-order valence-corrected chi connectivity index (χ4v) is 2.12. The summed E-state index contributed by atoms with van der Waals surface area (Å²) < 4.78 is 10.4. The van der Waals surface area contributed by atoms with Gasteiger partial charge in [-0.1, -0.05) is 17.7 Å². The van der Waals surface area contributed by atoms with Gasteiger partial charge in [0.05, 0.1) is 14.2 Å². The molecule has 0 aliphatic carbocycles. The number of anilines is 1. The summed E-state index contributed by atoms with van der Waals surface area (Å²) in [5.41, 5.74) is 1.17. The van der Waals surface area contributed by atoms with Crippen molar-refractivity contribution in [2.24, 2.45) is 0 Å². The van der Waals surface area contributed by atoms with Crippen molar-refractivity contribution >= 4 is 29.3 Å². The Morgan fingerprint density at radius 2 is 1.79 bits per heavy atom. The zero-order chi connectivity index (χ0) is 17.5. The van der Waals surface area contributed by atoms with E-state index >= 15 is 0 Å². The second-order valence-corrected chi connectivity index (χ2v) is 5.18. The standard InChI is InChI=1S/C18H15ClN2O3/c1-23-16-8-3-12(10-17(16)24-2)9-13(11-20)18(22)21-15-6-4-14(19)5-7-15/h3-10H,1-2H3,(H,21,22)/b13-9-. The highest BCUT2D eigenvalue weighted by Gasteiger charge is 2.11. The SMILES string of the molecule is COc1ccc(/C=C(/C#N)C(=O)Nc2ccc(Cl)cc2)cc1OC. The van der Waals surface area contributed by atoms with E-state index in [1.807, 2.05) is 6.07 Å². The molecule has 2 aromatic rings. The minimum Gasteiger partial charge on any atom is -0.493 e. The third kappa shape index (κ3) is 4.28. The molecule has 0 saturated heterocycles. The summed E-state index contributed by atoms with van der Waals surface area (Å²) in [5.74, 6) is 0.579. The highest BCUT2D eigenvalue weighted by atomic mass is 35.5. The number of nitrogens with zero attached hydrogens (tertiary/aromatic N) is 1. The molecule has 0 spiro atoms. The van der Waals surface area contributed by atoms with Crippen LogP contribution in [0.4, 0.5) is 5.69 Å². The average Bonchev–Trinajstić information content (AvgIpc) is 2.61.